The fraction of sp³-hybridized carbons (Fsp3) is 0.111. The third-order valence-electron chi connectivity index (χ3n) is 1.66. The van der Waals surface area contributed by atoms with Gasteiger partial charge >= 0.3 is 0 Å². The third kappa shape index (κ3) is 3.48. The Hall–Kier alpha value is -1.11. The zero-order chi connectivity index (χ0) is 12.3. The van der Waals surface area contributed by atoms with Gasteiger partial charge in [-0.25, -0.2) is 17.5 Å². The van der Waals surface area contributed by atoms with Crippen LogP contribution < -0.4 is 10.5 Å². The summed E-state index contributed by atoms with van der Waals surface area (Å²) < 4.78 is 38.3. The Morgan fingerprint density at radius 2 is 2.12 bits per heavy atom. The number of sulfonamides is 1. The molecule has 0 aliphatic heterocycles. The number of nitrogen functional groups attached to an aromatic ring is 1. The molecular weight excluding hydrogens is 255 g/mol. The zero-order valence-corrected chi connectivity index (χ0v) is 9.78. The Balaban J connectivity index is 3.02. The average Bonchev–Trinajstić information content (AvgIpc) is 2.13. The molecule has 0 bridgehead atoms. The van der Waals surface area contributed by atoms with E-state index in [2.05, 4.69) is 11.3 Å². The molecule has 1 aromatic rings. The van der Waals surface area contributed by atoms with Crippen LogP contribution in [0.15, 0.2) is 34.7 Å². The molecule has 88 valence electrons. The molecule has 0 fully saturated rings. The van der Waals surface area contributed by atoms with Gasteiger partial charge in [-0.1, -0.05) is 18.2 Å². The van der Waals surface area contributed by atoms with Crippen molar-refractivity contribution in [1.29, 1.82) is 0 Å². The molecule has 0 aliphatic carbocycles. The number of benzene rings is 1. The SMILES string of the molecule is C=C(Cl)CNS(=O)(=O)c1cc(N)cc(F)c1. The van der Waals surface area contributed by atoms with Gasteiger partial charge in [-0.05, 0) is 18.2 Å². The first-order valence-corrected chi connectivity index (χ1v) is 6.06. The average molecular weight is 265 g/mol. The third-order valence-corrected chi connectivity index (χ3v) is 3.17. The van der Waals surface area contributed by atoms with Crippen molar-refractivity contribution in [2.75, 3.05) is 12.3 Å². The molecule has 0 saturated heterocycles. The van der Waals surface area contributed by atoms with Crippen LogP contribution in [0.4, 0.5) is 10.1 Å². The van der Waals surface area contributed by atoms with Crippen LogP contribution >= 0.6 is 11.6 Å². The molecule has 0 aromatic heterocycles. The number of anilines is 1. The van der Waals surface area contributed by atoms with Crippen LogP contribution in [0.3, 0.4) is 0 Å². The number of nitrogens with one attached hydrogen (secondary N) is 1. The van der Waals surface area contributed by atoms with Crippen LogP contribution in [-0.2, 0) is 10.0 Å². The summed E-state index contributed by atoms with van der Waals surface area (Å²) in [5.74, 6) is -0.718. The quantitative estimate of drug-likeness (QED) is 0.809. The zero-order valence-electron chi connectivity index (χ0n) is 8.20. The molecule has 7 heteroatoms. The molecule has 0 atom stereocenters. The number of rotatable bonds is 4. The van der Waals surface area contributed by atoms with Gasteiger partial charge in [0.05, 0.1) is 4.90 Å². The second-order valence-electron chi connectivity index (χ2n) is 3.06. The predicted octanol–water partition coefficient (Wildman–Crippen LogP) is 1.44. The van der Waals surface area contributed by atoms with E-state index in [0.29, 0.717) is 0 Å². The number of halogens is 2. The lowest BCUT2D eigenvalue weighted by atomic mass is 10.3. The Morgan fingerprint density at radius 1 is 1.50 bits per heavy atom. The molecule has 0 spiro atoms. The van der Waals surface area contributed by atoms with E-state index in [-0.39, 0.29) is 22.2 Å². The predicted molar refractivity (Wildman–Crippen MR) is 61.0 cm³/mol. The van der Waals surface area contributed by atoms with Crippen LogP contribution in [-0.4, -0.2) is 15.0 Å². The highest BCUT2D eigenvalue weighted by atomic mass is 35.5. The smallest absolute Gasteiger partial charge is 0.241 e. The molecule has 3 N–H and O–H groups in total. The highest BCUT2D eigenvalue weighted by molar-refractivity contribution is 7.89. The van der Waals surface area contributed by atoms with Crippen LogP contribution in [0.25, 0.3) is 0 Å². The van der Waals surface area contributed by atoms with Crippen LogP contribution in [0, 0.1) is 5.82 Å². The summed E-state index contributed by atoms with van der Waals surface area (Å²) in [4.78, 5) is -0.247. The maximum absolute atomic E-state index is 12.9. The van der Waals surface area contributed by atoms with E-state index < -0.39 is 15.8 Å². The van der Waals surface area contributed by atoms with E-state index in [9.17, 15) is 12.8 Å². The highest BCUT2D eigenvalue weighted by Crippen LogP contribution is 2.15. The summed E-state index contributed by atoms with van der Waals surface area (Å²) in [6.45, 7) is 3.20. The molecule has 4 nitrogen and oxygen atoms in total. The minimum absolute atomic E-state index is 0.0325. The van der Waals surface area contributed by atoms with Gasteiger partial charge in [-0.15, -0.1) is 0 Å². The largest absolute Gasteiger partial charge is 0.399 e. The topological polar surface area (TPSA) is 72.2 Å². The van der Waals surface area contributed by atoms with E-state index in [0.717, 1.165) is 18.2 Å². The molecule has 0 unspecified atom stereocenters. The van der Waals surface area contributed by atoms with Gasteiger partial charge in [-0.3, -0.25) is 0 Å². The van der Waals surface area contributed by atoms with Crippen LogP contribution in [0.1, 0.15) is 0 Å². The van der Waals surface area contributed by atoms with Gasteiger partial charge in [0, 0.05) is 17.3 Å². The summed E-state index contributed by atoms with van der Waals surface area (Å²) in [6.07, 6.45) is 0. The number of hydrogen-bond donors (Lipinski definition) is 2. The van der Waals surface area contributed by atoms with Crippen molar-refractivity contribution in [3.63, 3.8) is 0 Å². The van der Waals surface area contributed by atoms with Gasteiger partial charge in [0.2, 0.25) is 10.0 Å². The van der Waals surface area contributed by atoms with Crippen molar-refractivity contribution in [2.24, 2.45) is 0 Å². The molecule has 1 rings (SSSR count). The molecule has 0 amide bonds. The van der Waals surface area contributed by atoms with Crippen molar-refractivity contribution < 1.29 is 12.8 Å². The maximum atomic E-state index is 12.9. The van der Waals surface area contributed by atoms with Gasteiger partial charge in [0.25, 0.3) is 0 Å². The summed E-state index contributed by atoms with van der Waals surface area (Å²) in [5, 5.41) is 0.132. The highest BCUT2D eigenvalue weighted by Gasteiger charge is 2.15. The van der Waals surface area contributed by atoms with E-state index in [1.165, 1.54) is 0 Å². The van der Waals surface area contributed by atoms with Crippen molar-refractivity contribution in [3.8, 4) is 0 Å². The molecule has 0 aliphatic rings. The van der Waals surface area contributed by atoms with Gasteiger partial charge in [-0.2, -0.15) is 0 Å². The van der Waals surface area contributed by atoms with Crippen molar-refractivity contribution in [1.82, 2.24) is 4.72 Å². The molecular formula is C9H10ClFN2O2S. The van der Waals surface area contributed by atoms with E-state index in [1.54, 1.807) is 0 Å². The van der Waals surface area contributed by atoms with E-state index in [1.807, 2.05) is 0 Å². The first-order chi connectivity index (χ1) is 7.31. The van der Waals surface area contributed by atoms with Crippen molar-refractivity contribution >= 4 is 27.3 Å². The lowest BCUT2D eigenvalue weighted by Gasteiger charge is -2.06. The van der Waals surface area contributed by atoms with E-state index >= 15 is 0 Å². The molecule has 16 heavy (non-hydrogen) atoms. The monoisotopic (exact) mass is 264 g/mol. The lowest BCUT2D eigenvalue weighted by molar-refractivity contribution is 0.581. The van der Waals surface area contributed by atoms with Crippen molar-refractivity contribution in [2.45, 2.75) is 4.90 Å². The number of nitrogens with two attached hydrogens (primary N) is 1. The Labute approximate surface area is 98.0 Å². The molecule has 0 heterocycles. The van der Waals surface area contributed by atoms with E-state index in [4.69, 9.17) is 17.3 Å². The molecule has 1 aromatic carbocycles. The fourth-order valence-electron chi connectivity index (χ4n) is 0.996. The van der Waals surface area contributed by atoms with Crippen LogP contribution in [0.2, 0.25) is 0 Å². The summed E-state index contributed by atoms with van der Waals surface area (Å²) in [6, 6.07) is 3.05. The number of hydrogen-bond acceptors (Lipinski definition) is 3. The summed E-state index contributed by atoms with van der Waals surface area (Å²) >= 11 is 5.41. The van der Waals surface area contributed by atoms with Gasteiger partial charge < -0.3 is 5.73 Å². The van der Waals surface area contributed by atoms with Crippen molar-refractivity contribution in [3.05, 3.63) is 35.6 Å². The Morgan fingerprint density at radius 3 is 2.62 bits per heavy atom. The molecule has 0 saturated carbocycles. The summed E-state index contributed by atoms with van der Waals surface area (Å²) in [5.41, 5.74) is 5.37. The first kappa shape index (κ1) is 13.0. The summed E-state index contributed by atoms with van der Waals surface area (Å²) in [7, 11) is -3.82. The normalized spacial score (nSPS) is 11.4. The minimum atomic E-state index is -3.82. The second kappa shape index (κ2) is 4.82. The first-order valence-electron chi connectivity index (χ1n) is 4.20. The second-order valence-corrected chi connectivity index (χ2v) is 5.36. The lowest BCUT2D eigenvalue weighted by Crippen LogP contribution is -2.25. The van der Waals surface area contributed by atoms with Crippen LogP contribution in [0.5, 0.6) is 0 Å². The molecule has 0 radical (unpaired) electrons. The van der Waals surface area contributed by atoms with Gasteiger partial charge in [0.15, 0.2) is 0 Å². The van der Waals surface area contributed by atoms with Gasteiger partial charge in [0.1, 0.15) is 5.82 Å². The standard InChI is InChI=1S/C9H10ClFN2O2S/c1-6(10)5-13-16(14,15)9-3-7(11)2-8(12)4-9/h2-4,13H,1,5,12H2. The fourth-order valence-corrected chi connectivity index (χ4v) is 2.23. The maximum Gasteiger partial charge on any atom is 0.241 e. The Bertz CT molecular complexity index is 496. The minimum Gasteiger partial charge on any atom is -0.399 e. The Kier molecular flexibility index (Phi) is 3.90.